The lowest BCUT2D eigenvalue weighted by atomic mass is 10.2. The van der Waals surface area contributed by atoms with Gasteiger partial charge < -0.3 is 10.1 Å². The van der Waals surface area contributed by atoms with Crippen LogP contribution in [0, 0.1) is 6.92 Å². The Bertz CT molecular complexity index is 604. The predicted molar refractivity (Wildman–Crippen MR) is 85.6 cm³/mol. The third-order valence-corrected chi connectivity index (χ3v) is 3.56. The molecule has 0 aliphatic carbocycles. The van der Waals surface area contributed by atoms with E-state index in [1.165, 1.54) is 0 Å². The molecule has 1 aromatic heterocycles. The summed E-state index contributed by atoms with van der Waals surface area (Å²) in [6.45, 7) is 5.61. The maximum atomic E-state index is 6.17. The largest absolute Gasteiger partial charge is 0.455 e. The average Bonchev–Trinajstić information content (AvgIpc) is 2.42. The molecule has 1 N–H and O–H groups in total. The standard InChI is InChI=1S/C15H16BrClN2O/c1-3-18-8-11-9-19-10(2)6-14(11)20-15-7-12(16)4-5-13(15)17/h4-7,9,18H,3,8H2,1-2H3. The zero-order valence-electron chi connectivity index (χ0n) is 11.4. The number of aryl methyl sites for hydroxylation is 1. The zero-order valence-corrected chi connectivity index (χ0v) is 13.8. The Balaban J connectivity index is 2.31. The molecular weight excluding hydrogens is 340 g/mol. The van der Waals surface area contributed by atoms with Crippen molar-refractivity contribution in [1.29, 1.82) is 0 Å². The molecule has 0 unspecified atom stereocenters. The van der Waals surface area contributed by atoms with Gasteiger partial charge in [0.15, 0.2) is 0 Å². The number of benzene rings is 1. The molecule has 0 spiro atoms. The van der Waals surface area contributed by atoms with Crippen LogP contribution in [-0.4, -0.2) is 11.5 Å². The van der Waals surface area contributed by atoms with Gasteiger partial charge in [0.25, 0.3) is 0 Å². The van der Waals surface area contributed by atoms with E-state index in [1.54, 1.807) is 6.07 Å². The van der Waals surface area contributed by atoms with E-state index in [1.807, 2.05) is 31.3 Å². The van der Waals surface area contributed by atoms with Crippen molar-refractivity contribution in [2.45, 2.75) is 20.4 Å². The lowest BCUT2D eigenvalue weighted by Gasteiger charge is -2.13. The van der Waals surface area contributed by atoms with E-state index in [9.17, 15) is 0 Å². The molecule has 0 bridgehead atoms. The first-order valence-corrected chi connectivity index (χ1v) is 7.56. The smallest absolute Gasteiger partial charge is 0.147 e. The maximum Gasteiger partial charge on any atom is 0.147 e. The van der Waals surface area contributed by atoms with E-state index in [0.717, 1.165) is 28.0 Å². The minimum absolute atomic E-state index is 0.581. The minimum Gasteiger partial charge on any atom is -0.455 e. The van der Waals surface area contributed by atoms with E-state index >= 15 is 0 Å². The highest BCUT2D eigenvalue weighted by atomic mass is 79.9. The lowest BCUT2D eigenvalue weighted by molar-refractivity contribution is 0.471. The second-order valence-electron chi connectivity index (χ2n) is 4.39. The van der Waals surface area contributed by atoms with Gasteiger partial charge in [-0.1, -0.05) is 34.5 Å². The Hall–Kier alpha value is -1.10. The molecule has 2 aromatic rings. The molecule has 0 aliphatic heterocycles. The second kappa shape index (κ2) is 7.07. The number of halogens is 2. The molecule has 0 amide bonds. The third-order valence-electron chi connectivity index (χ3n) is 2.76. The van der Waals surface area contributed by atoms with Gasteiger partial charge in [0.1, 0.15) is 11.5 Å². The van der Waals surface area contributed by atoms with Crippen LogP contribution < -0.4 is 10.1 Å². The molecule has 1 heterocycles. The summed E-state index contributed by atoms with van der Waals surface area (Å²) in [6, 6.07) is 7.46. The van der Waals surface area contributed by atoms with Crippen molar-refractivity contribution in [3.05, 3.63) is 51.2 Å². The van der Waals surface area contributed by atoms with Gasteiger partial charge in [-0.2, -0.15) is 0 Å². The molecule has 20 heavy (non-hydrogen) atoms. The molecule has 3 nitrogen and oxygen atoms in total. The fourth-order valence-electron chi connectivity index (χ4n) is 1.72. The van der Waals surface area contributed by atoms with Crippen LogP contribution in [0.5, 0.6) is 11.5 Å². The fraction of sp³-hybridized carbons (Fsp3) is 0.267. The molecule has 0 atom stereocenters. The Morgan fingerprint density at radius 3 is 2.85 bits per heavy atom. The first-order valence-electron chi connectivity index (χ1n) is 6.39. The Labute approximate surface area is 132 Å². The summed E-state index contributed by atoms with van der Waals surface area (Å²) in [7, 11) is 0. The van der Waals surface area contributed by atoms with Crippen LogP contribution in [0.4, 0.5) is 0 Å². The summed E-state index contributed by atoms with van der Waals surface area (Å²) in [5.41, 5.74) is 1.92. The summed E-state index contributed by atoms with van der Waals surface area (Å²) in [5, 5.41) is 3.85. The number of rotatable bonds is 5. The van der Waals surface area contributed by atoms with Crippen molar-refractivity contribution in [2.24, 2.45) is 0 Å². The molecule has 5 heteroatoms. The van der Waals surface area contributed by atoms with Crippen LogP contribution in [0.15, 0.2) is 34.9 Å². The molecule has 0 saturated carbocycles. The van der Waals surface area contributed by atoms with Gasteiger partial charge >= 0.3 is 0 Å². The highest BCUT2D eigenvalue weighted by Gasteiger charge is 2.09. The van der Waals surface area contributed by atoms with Gasteiger partial charge in [-0.15, -0.1) is 0 Å². The minimum atomic E-state index is 0.581. The van der Waals surface area contributed by atoms with Gasteiger partial charge in [0, 0.05) is 34.5 Å². The summed E-state index contributed by atoms with van der Waals surface area (Å²) in [4.78, 5) is 4.31. The van der Waals surface area contributed by atoms with Crippen LogP contribution in [0.3, 0.4) is 0 Å². The number of aromatic nitrogens is 1. The average molecular weight is 356 g/mol. The van der Waals surface area contributed by atoms with Gasteiger partial charge in [0.2, 0.25) is 0 Å². The Kier molecular flexibility index (Phi) is 5.40. The maximum absolute atomic E-state index is 6.17. The van der Waals surface area contributed by atoms with Crippen LogP contribution >= 0.6 is 27.5 Å². The molecular formula is C15H16BrClN2O. The van der Waals surface area contributed by atoms with Crippen LogP contribution in [0.1, 0.15) is 18.2 Å². The van der Waals surface area contributed by atoms with Crippen molar-refractivity contribution in [2.75, 3.05) is 6.54 Å². The molecule has 0 aliphatic rings. The van der Waals surface area contributed by atoms with E-state index in [4.69, 9.17) is 16.3 Å². The molecule has 0 radical (unpaired) electrons. The summed E-state index contributed by atoms with van der Waals surface area (Å²) < 4.78 is 6.88. The van der Waals surface area contributed by atoms with Crippen LogP contribution in [0.2, 0.25) is 5.02 Å². The zero-order chi connectivity index (χ0) is 14.5. The number of nitrogens with zero attached hydrogens (tertiary/aromatic N) is 1. The van der Waals surface area contributed by atoms with E-state index in [2.05, 4.69) is 33.2 Å². The van der Waals surface area contributed by atoms with Gasteiger partial charge in [-0.25, -0.2) is 0 Å². The van der Waals surface area contributed by atoms with Crippen molar-refractivity contribution in [3.63, 3.8) is 0 Å². The highest BCUT2D eigenvalue weighted by Crippen LogP contribution is 2.33. The Morgan fingerprint density at radius 2 is 2.10 bits per heavy atom. The summed E-state index contributed by atoms with van der Waals surface area (Å²) in [5.74, 6) is 1.41. The van der Waals surface area contributed by atoms with Crippen molar-refractivity contribution in [1.82, 2.24) is 10.3 Å². The van der Waals surface area contributed by atoms with Crippen molar-refractivity contribution in [3.8, 4) is 11.5 Å². The molecule has 2 rings (SSSR count). The Morgan fingerprint density at radius 1 is 1.30 bits per heavy atom. The van der Waals surface area contributed by atoms with Crippen molar-refractivity contribution >= 4 is 27.5 Å². The first kappa shape index (κ1) is 15.3. The van der Waals surface area contributed by atoms with Gasteiger partial charge in [-0.05, 0) is 31.7 Å². The van der Waals surface area contributed by atoms with Crippen LogP contribution in [0.25, 0.3) is 0 Å². The number of nitrogens with one attached hydrogen (secondary N) is 1. The number of hydrogen-bond donors (Lipinski definition) is 1. The second-order valence-corrected chi connectivity index (χ2v) is 5.71. The summed E-state index contributed by atoms with van der Waals surface area (Å²) in [6.07, 6.45) is 1.83. The topological polar surface area (TPSA) is 34.2 Å². The number of pyridine rings is 1. The summed E-state index contributed by atoms with van der Waals surface area (Å²) >= 11 is 9.59. The predicted octanol–water partition coefficient (Wildman–Crippen LogP) is 4.71. The van der Waals surface area contributed by atoms with E-state index in [0.29, 0.717) is 17.3 Å². The fourth-order valence-corrected chi connectivity index (χ4v) is 2.22. The highest BCUT2D eigenvalue weighted by molar-refractivity contribution is 9.10. The lowest BCUT2D eigenvalue weighted by Crippen LogP contribution is -2.12. The van der Waals surface area contributed by atoms with Crippen LogP contribution in [-0.2, 0) is 6.54 Å². The SMILES string of the molecule is CCNCc1cnc(C)cc1Oc1cc(Br)ccc1Cl. The third kappa shape index (κ3) is 3.95. The molecule has 0 saturated heterocycles. The number of ether oxygens (including phenoxy) is 1. The molecule has 1 aromatic carbocycles. The van der Waals surface area contributed by atoms with Crippen molar-refractivity contribution < 1.29 is 4.74 Å². The van der Waals surface area contributed by atoms with E-state index in [-0.39, 0.29) is 0 Å². The monoisotopic (exact) mass is 354 g/mol. The molecule has 0 fully saturated rings. The van der Waals surface area contributed by atoms with E-state index < -0.39 is 0 Å². The number of hydrogen-bond acceptors (Lipinski definition) is 3. The molecule has 106 valence electrons. The quantitative estimate of drug-likeness (QED) is 0.843. The first-order chi connectivity index (χ1) is 9.60. The van der Waals surface area contributed by atoms with Gasteiger partial charge in [-0.3, -0.25) is 4.98 Å². The normalized spacial score (nSPS) is 10.6. The van der Waals surface area contributed by atoms with Gasteiger partial charge in [0.05, 0.1) is 5.02 Å².